The number of phenols is 1. The van der Waals surface area contributed by atoms with Gasteiger partial charge in [-0.1, -0.05) is 19.9 Å². The molecule has 0 aliphatic carbocycles. The molecule has 20 heavy (non-hydrogen) atoms. The average molecular weight is 277 g/mol. The van der Waals surface area contributed by atoms with Gasteiger partial charge in [0.25, 0.3) is 5.91 Å². The highest BCUT2D eigenvalue weighted by atomic mass is 16.5. The number of likely N-dealkylation sites (tertiary alicyclic amines) is 1. The zero-order chi connectivity index (χ0) is 14.8. The molecule has 1 aliphatic heterocycles. The van der Waals surface area contributed by atoms with Crippen LogP contribution in [0, 0.1) is 5.41 Å². The minimum absolute atomic E-state index is 0.0644. The summed E-state index contributed by atoms with van der Waals surface area (Å²) in [7, 11) is 1.48. The molecule has 0 radical (unpaired) electrons. The van der Waals surface area contributed by atoms with Gasteiger partial charge in [-0.15, -0.1) is 0 Å². The fourth-order valence-corrected chi connectivity index (χ4v) is 2.97. The molecule has 4 heteroatoms. The van der Waals surface area contributed by atoms with Crippen molar-refractivity contribution in [2.45, 2.75) is 33.1 Å². The maximum atomic E-state index is 12.6. The van der Waals surface area contributed by atoms with E-state index < -0.39 is 0 Å². The van der Waals surface area contributed by atoms with Crippen LogP contribution in [0.3, 0.4) is 0 Å². The highest BCUT2D eigenvalue weighted by Crippen LogP contribution is 2.38. The van der Waals surface area contributed by atoms with Gasteiger partial charge in [-0.2, -0.15) is 0 Å². The molecule has 1 amide bonds. The molecule has 4 nitrogen and oxygen atoms in total. The summed E-state index contributed by atoms with van der Waals surface area (Å²) in [6.07, 6.45) is 3.20. The van der Waals surface area contributed by atoms with Gasteiger partial charge in [-0.25, -0.2) is 0 Å². The first-order chi connectivity index (χ1) is 9.56. The number of phenolic OH excluding ortho intramolecular Hbond substituents is 1. The Morgan fingerprint density at radius 3 is 2.65 bits per heavy atom. The summed E-state index contributed by atoms with van der Waals surface area (Å²) < 4.78 is 5.06. The van der Waals surface area contributed by atoms with Crippen LogP contribution < -0.4 is 4.74 Å². The van der Waals surface area contributed by atoms with E-state index in [4.69, 9.17) is 4.74 Å². The molecule has 2 rings (SSSR count). The van der Waals surface area contributed by atoms with Crippen LogP contribution in [0.25, 0.3) is 0 Å². The maximum Gasteiger partial charge on any atom is 0.257 e. The predicted molar refractivity (Wildman–Crippen MR) is 78.2 cm³/mol. The van der Waals surface area contributed by atoms with E-state index in [2.05, 4.69) is 13.8 Å². The lowest BCUT2D eigenvalue weighted by atomic mass is 9.82. The van der Waals surface area contributed by atoms with Crippen LogP contribution in [0.2, 0.25) is 0 Å². The molecule has 110 valence electrons. The topological polar surface area (TPSA) is 49.8 Å². The molecule has 1 heterocycles. The van der Waals surface area contributed by atoms with Crippen LogP contribution in [-0.2, 0) is 0 Å². The summed E-state index contributed by atoms with van der Waals surface area (Å²) in [6.45, 7) is 5.90. The van der Waals surface area contributed by atoms with E-state index in [1.54, 1.807) is 18.2 Å². The summed E-state index contributed by atoms with van der Waals surface area (Å²) in [4.78, 5) is 14.4. The van der Waals surface area contributed by atoms with Gasteiger partial charge in [0.05, 0.1) is 12.7 Å². The van der Waals surface area contributed by atoms with E-state index in [1.807, 2.05) is 4.90 Å². The number of carbonyl (C=O) groups is 1. The van der Waals surface area contributed by atoms with E-state index >= 15 is 0 Å². The van der Waals surface area contributed by atoms with Crippen molar-refractivity contribution in [3.05, 3.63) is 23.8 Å². The van der Waals surface area contributed by atoms with E-state index in [-0.39, 0.29) is 17.1 Å². The quantitative estimate of drug-likeness (QED) is 0.920. The van der Waals surface area contributed by atoms with Crippen molar-refractivity contribution in [1.82, 2.24) is 4.90 Å². The highest BCUT2D eigenvalue weighted by molar-refractivity contribution is 5.97. The number of hydrogen-bond donors (Lipinski definition) is 1. The van der Waals surface area contributed by atoms with Crippen LogP contribution in [0.15, 0.2) is 18.2 Å². The van der Waals surface area contributed by atoms with Crippen LogP contribution in [-0.4, -0.2) is 36.1 Å². The van der Waals surface area contributed by atoms with Crippen LogP contribution in [0.4, 0.5) is 0 Å². The molecule has 1 N–H and O–H groups in total. The molecule has 0 saturated carbocycles. The number of benzene rings is 1. The van der Waals surface area contributed by atoms with E-state index in [9.17, 15) is 9.90 Å². The molecule has 1 aromatic rings. The Labute approximate surface area is 120 Å². The summed E-state index contributed by atoms with van der Waals surface area (Å²) in [5.74, 6) is 0.169. The number of methoxy groups -OCH3 is 1. The lowest BCUT2D eigenvalue weighted by Crippen LogP contribution is -2.31. The molecule has 1 aromatic carbocycles. The van der Waals surface area contributed by atoms with Crippen molar-refractivity contribution in [2.24, 2.45) is 5.41 Å². The molecule has 0 spiro atoms. The number of rotatable bonds is 4. The zero-order valence-corrected chi connectivity index (χ0v) is 12.5. The van der Waals surface area contributed by atoms with E-state index in [0.29, 0.717) is 11.3 Å². The average Bonchev–Trinajstić information content (AvgIpc) is 2.92. The number of carbonyl (C=O) groups excluding carboxylic acids is 1. The first-order valence-electron chi connectivity index (χ1n) is 7.22. The molecule has 1 saturated heterocycles. The number of aromatic hydroxyl groups is 1. The van der Waals surface area contributed by atoms with Crippen molar-refractivity contribution in [2.75, 3.05) is 20.2 Å². The second-order valence-corrected chi connectivity index (χ2v) is 5.54. The van der Waals surface area contributed by atoms with Crippen LogP contribution >= 0.6 is 0 Å². The molecule has 0 bridgehead atoms. The molecular weight excluding hydrogens is 254 g/mol. The number of amides is 1. The monoisotopic (exact) mass is 277 g/mol. The molecule has 0 aromatic heterocycles. The Hall–Kier alpha value is -1.71. The summed E-state index contributed by atoms with van der Waals surface area (Å²) in [5.41, 5.74) is 0.566. The van der Waals surface area contributed by atoms with Gasteiger partial charge in [0.15, 0.2) is 11.5 Å². The number of ether oxygens (including phenoxy) is 1. The third-order valence-corrected chi connectivity index (χ3v) is 4.67. The molecule has 0 unspecified atom stereocenters. The standard InChI is InChI=1S/C16H23NO3/c1-4-16(5-2)9-10-17(11-16)15(19)12-7-6-8-13(20-3)14(12)18/h6-8,18H,4-5,9-11H2,1-3H3. The van der Waals surface area contributed by atoms with Gasteiger partial charge in [-0.05, 0) is 36.8 Å². The molecular formula is C16H23NO3. The number of para-hydroxylation sites is 1. The highest BCUT2D eigenvalue weighted by Gasteiger charge is 2.37. The van der Waals surface area contributed by atoms with Gasteiger partial charge in [0, 0.05) is 13.1 Å². The summed E-state index contributed by atoms with van der Waals surface area (Å²) >= 11 is 0. The Morgan fingerprint density at radius 1 is 1.40 bits per heavy atom. The SMILES string of the molecule is CCC1(CC)CCN(C(=O)c2cccc(OC)c2O)C1. The summed E-state index contributed by atoms with van der Waals surface area (Å²) in [5, 5.41) is 10.1. The summed E-state index contributed by atoms with van der Waals surface area (Å²) in [6, 6.07) is 5.03. The van der Waals surface area contributed by atoms with Crippen molar-refractivity contribution >= 4 is 5.91 Å². The number of nitrogens with zero attached hydrogens (tertiary/aromatic N) is 1. The fourth-order valence-electron chi connectivity index (χ4n) is 2.97. The first kappa shape index (κ1) is 14.7. The lowest BCUT2D eigenvalue weighted by Gasteiger charge is -2.26. The predicted octanol–water partition coefficient (Wildman–Crippen LogP) is 3.05. The minimum Gasteiger partial charge on any atom is -0.504 e. The normalized spacial score (nSPS) is 17.2. The van der Waals surface area contributed by atoms with E-state index in [1.165, 1.54) is 7.11 Å². The molecule has 1 fully saturated rings. The van der Waals surface area contributed by atoms with Crippen molar-refractivity contribution in [1.29, 1.82) is 0 Å². The zero-order valence-electron chi connectivity index (χ0n) is 12.5. The smallest absolute Gasteiger partial charge is 0.257 e. The van der Waals surface area contributed by atoms with E-state index in [0.717, 1.165) is 32.4 Å². The Morgan fingerprint density at radius 2 is 2.10 bits per heavy atom. The van der Waals surface area contributed by atoms with Crippen molar-refractivity contribution < 1.29 is 14.6 Å². The van der Waals surface area contributed by atoms with Crippen LogP contribution in [0.1, 0.15) is 43.5 Å². The molecule has 1 aliphatic rings. The minimum atomic E-state index is -0.106. The van der Waals surface area contributed by atoms with Gasteiger partial charge in [0.2, 0.25) is 0 Å². The third kappa shape index (κ3) is 2.47. The largest absolute Gasteiger partial charge is 0.504 e. The van der Waals surface area contributed by atoms with Crippen molar-refractivity contribution in [3.63, 3.8) is 0 Å². The second-order valence-electron chi connectivity index (χ2n) is 5.54. The van der Waals surface area contributed by atoms with Gasteiger partial charge in [0.1, 0.15) is 0 Å². The molecule has 0 atom stereocenters. The lowest BCUT2D eigenvalue weighted by molar-refractivity contribution is 0.0766. The third-order valence-electron chi connectivity index (χ3n) is 4.67. The Bertz CT molecular complexity index is 494. The van der Waals surface area contributed by atoms with Crippen LogP contribution in [0.5, 0.6) is 11.5 Å². The van der Waals surface area contributed by atoms with Gasteiger partial charge in [-0.3, -0.25) is 4.79 Å². The van der Waals surface area contributed by atoms with Gasteiger partial charge < -0.3 is 14.7 Å². The Kier molecular flexibility index (Phi) is 4.21. The fraction of sp³-hybridized carbons (Fsp3) is 0.562. The van der Waals surface area contributed by atoms with Crippen molar-refractivity contribution in [3.8, 4) is 11.5 Å². The number of hydrogen-bond acceptors (Lipinski definition) is 3. The second kappa shape index (κ2) is 5.73. The first-order valence-corrected chi connectivity index (χ1v) is 7.22. The Balaban J connectivity index is 2.21. The van der Waals surface area contributed by atoms with Gasteiger partial charge >= 0.3 is 0 Å². The maximum absolute atomic E-state index is 12.6.